The lowest BCUT2D eigenvalue weighted by atomic mass is 9.90. The SMILES string of the molecule is Cc1sc2ncn(CC3(O)CCN(C(=O)[C@H](C)c4ccccc4)CC3)c(=O)c2c1C. The van der Waals surface area contributed by atoms with Gasteiger partial charge in [-0.3, -0.25) is 14.2 Å². The summed E-state index contributed by atoms with van der Waals surface area (Å²) in [5.74, 6) is -0.135. The fourth-order valence-electron chi connectivity index (χ4n) is 4.16. The molecule has 1 fully saturated rings. The van der Waals surface area contributed by atoms with Crippen LogP contribution in [0.3, 0.4) is 0 Å². The monoisotopic (exact) mass is 425 g/mol. The van der Waals surface area contributed by atoms with Gasteiger partial charge in [0, 0.05) is 18.0 Å². The zero-order valence-corrected chi connectivity index (χ0v) is 18.4. The van der Waals surface area contributed by atoms with Crippen molar-refractivity contribution in [2.24, 2.45) is 0 Å². The van der Waals surface area contributed by atoms with E-state index in [1.54, 1.807) is 0 Å². The van der Waals surface area contributed by atoms with Crippen LogP contribution in [-0.2, 0) is 11.3 Å². The van der Waals surface area contributed by atoms with Crippen molar-refractivity contribution in [3.8, 4) is 0 Å². The largest absolute Gasteiger partial charge is 0.388 e. The highest BCUT2D eigenvalue weighted by Gasteiger charge is 2.36. The molecule has 1 saturated heterocycles. The normalized spacial score (nSPS) is 17.3. The molecule has 6 nitrogen and oxygen atoms in total. The molecule has 0 unspecified atom stereocenters. The highest BCUT2D eigenvalue weighted by Crippen LogP contribution is 2.28. The number of aryl methyl sites for hydroxylation is 2. The standard InChI is InChI=1S/C23H27N3O3S/c1-15-17(3)30-20-19(15)22(28)26(14-24-20)13-23(29)9-11-25(12-10-23)21(27)16(2)18-7-5-4-6-8-18/h4-8,14,16,29H,9-13H2,1-3H3/t16-/m1/s1. The van der Waals surface area contributed by atoms with Crippen LogP contribution in [0.1, 0.15) is 41.7 Å². The number of carbonyl (C=O) groups excluding carboxylic acids is 1. The van der Waals surface area contributed by atoms with Crippen LogP contribution in [-0.4, -0.2) is 44.2 Å². The van der Waals surface area contributed by atoms with Crippen LogP contribution < -0.4 is 5.56 Å². The molecular formula is C23H27N3O3S. The maximum atomic E-state index is 13.0. The summed E-state index contributed by atoms with van der Waals surface area (Å²) in [6.07, 6.45) is 2.41. The van der Waals surface area contributed by atoms with Crippen molar-refractivity contribution in [3.63, 3.8) is 0 Å². The van der Waals surface area contributed by atoms with E-state index in [2.05, 4.69) is 4.98 Å². The van der Waals surface area contributed by atoms with E-state index in [-0.39, 0.29) is 23.9 Å². The van der Waals surface area contributed by atoms with Crippen molar-refractivity contribution in [2.75, 3.05) is 13.1 Å². The van der Waals surface area contributed by atoms with E-state index in [0.717, 1.165) is 20.8 Å². The first kappa shape index (κ1) is 20.8. The predicted molar refractivity (Wildman–Crippen MR) is 119 cm³/mol. The Balaban J connectivity index is 1.46. The molecule has 1 aliphatic heterocycles. The van der Waals surface area contributed by atoms with Crippen LogP contribution in [0.4, 0.5) is 0 Å². The minimum atomic E-state index is -1.02. The van der Waals surface area contributed by atoms with Crippen molar-refractivity contribution in [1.29, 1.82) is 0 Å². The lowest BCUT2D eigenvalue weighted by molar-refractivity contribution is -0.137. The molecule has 158 valence electrons. The number of aromatic nitrogens is 2. The van der Waals surface area contributed by atoms with Gasteiger partial charge in [-0.15, -0.1) is 11.3 Å². The zero-order valence-electron chi connectivity index (χ0n) is 17.6. The Hall–Kier alpha value is -2.51. The molecular weight excluding hydrogens is 398 g/mol. The van der Waals surface area contributed by atoms with Gasteiger partial charge in [0.1, 0.15) is 4.83 Å². The van der Waals surface area contributed by atoms with E-state index >= 15 is 0 Å². The number of carbonyl (C=O) groups is 1. The van der Waals surface area contributed by atoms with E-state index < -0.39 is 5.60 Å². The quantitative estimate of drug-likeness (QED) is 0.696. The third-order valence-electron chi connectivity index (χ3n) is 6.30. The Labute approximate surface area is 179 Å². The van der Waals surface area contributed by atoms with Gasteiger partial charge in [0.15, 0.2) is 0 Å². The van der Waals surface area contributed by atoms with E-state index in [4.69, 9.17) is 0 Å². The summed E-state index contributed by atoms with van der Waals surface area (Å²) < 4.78 is 1.52. The summed E-state index contributed by atoms with van der Waals surface area (Å²) in [5.41, 5.74) is 0.830. The summed E-state index contributed by atoms with van der Waals surface area (Å²) in [6.45, 7) is 7.00. The number of aliphatic hydroxyl groups is 1. The molecule has 3 heterocycles. The van der Waals surface area contributed by atoms with Gasteiger partial charge in [0.25, 0.3) is 5.56 Å². The Kier molecular flexibility index (Phi) is 5.51. The first-order valence-corrected chi connectivity index (χ1v) is 11.1. The van der Waals surface area contributed by atoms with Crippen LogP contribution in [0.5, 0.6) is 0 Å². The number of hydrogen-bond donors (Lipinski definition) is 1. The fraction of sp³-hybridized carbons (Fsp3) is 0.435. The molecule has 0 saturated carbocycles. The maximum Gasteiger partial charge on any atom is 0.262 e. The lowest BCUT2D eigenvalue weighted by Crippen LogP contribution is -2.50. The molecule has 1 aliphatic rings. The molecule has 1 amide bonds. The van der Waals surface area contributed by atoms with Crippen molar-refractivity contribution in [3.05, 3.63) is 63.0 Å². The van der Waals surface area contributed by atoms with Gasteiger partial charge in [-0.25, -0.2) is 4.98 Å². The van der Waals surface area contributed by atoms with E-state index in [1.807, 2.05) is 56.0 Å². The molecule has 3 aromatic rings. The average Bonchev–Trinajstić information content (AvgIpc) is 3.04. The number of benzene rings is 1. The molecule has 0 bridgehead atoms. The Morgan fingerprint density at radius 3 is 2.57 bits per heavy atom. The van der Waals surface area contributed by atoms with Gasteiger partial charge in [-0.2, -0.15) is 0 Å². The van der Waals surface area contributed by atoms with Crippen molar-refractivity contribution in [1.82, 2.24) is 14.5 Å². The van der Waals surface area contributed by atoms with Gasteiger partial charge in [0.2, 0.25) is 5.91 Å². The maximum absolute atomic E-state index is 13.0. The molecule has 0 radical (unpaired) electrons. The van der Waals surface area contributed by atoms with Crippen LogP contribution in [0.2, 0.25) is 0 Å². The van der Waals surface area contributed by atoms with Gasteiger partial charge < -0.3 is 10.0 Å². The molecule has 30 heavy (non-hydrogen) atoms. The van der Waals surface area contributed by atoms with Crippen molar-refractivity contribution >= 4 is 27.5 Å². The third-order valence-corrected chi connectivity index (χ3v) is 7.41. The molecule has 1 aromatic carbocycles. The van der Waals surface area contributed by atoms with Crippen LogP contribution in [0.25, 0.3) is 10.2 Å². The Morgan fingerprint density at radius 2 is 1.90 bits per heavy atom. The number of amides is 1. The number of likely N-dealkylation sites (tertiary alicyclic amines) is 1. The van der Waals surface area contributed by atoms with Gasteiger partial charge >= 0.3 is 0 Å². The highest BCUT2D eigenvalue weighted by molar-refractivity contribution is 7.18. The van der Waals surface area contributed by atoms with Crippen molar-refractivity contribution in [2.45, 2.75) is 51.7 Å². The average molecular weight is 426 g/mol. The number of thiophene rings is 1. The van der Waals surface area contributed by atoms with Crippen molar-refractivity contribution < 1.29 is 9.90 Å². The molecule has 1 atom stereocenters. The number of piperidine rings is 1. The number of nitrogens with zero attached hydrogens (tertiary/aromatic N) is 3. The Morgan fingerprint density at radius 1 is 1.23 bits per heavy atom. The summed E-state index contributed by atoms with van der Waals surface area (Å²) in [5, 5.41) is 11.8. The van der Waals surface area contributed by atoms with Gasteiger partial charge in [-0.1, -0.05) is 30.3 Å². The topological polar surface area (TPSA) is 75.4 Å². The second kappa shape index (κ2) is 7.96. The third kappa shape index (κ3) is 3.79. The lowest BCUT2D eigenvalue weighted by Gasteiger charge is -2.39. The summed E-state index contributed by atoms with van der Waals surface area (Å²) >= 11 is 1.52. The summed E-state index contributed by atoms with van der Waals surface area (Å²) in [6, 6.07) is 9.74. The minimum Gasteiger partial charge on any atom is -0.388 e. The fourth-order valence-corrected chi connectivity index (χ4v) is 5.15. The molecule has 2 aromatic heterocycles. The second-order valence-corrected chi connectivity index (χ2v) is 9.53. The predicted octanol–water partition coefficient (Wildman–Crippen LogP) is 3.23. The minimum absolute atomic E-state index is 0.0767. The molecule has 7 heteroatoms. The zero-order chi connectivity index (χ0) is 21.5. The van der Waals surface area contributed by atoms with Crippen LogP contribution >= 0.6 is 11.3 Å². The van der Waals surface area contributed by atoms with Gasteiger partial charge in [0.05, 0.1) is 29.8 Å². The van der Waals surface area contributed by atoms with E-state index in [9.17, 15) is 14.7 Å². The first-order valence-electron chi connectivity index (χ1n) is 10.3. The molecule has 1 N–H and O–H groups in total. The van der Waals surface area contributed by atoms with Gasteiger partial charge in [-0.05, 0) is 44.7 Å². The highest BCUT2D eigenvalue weighted by atomic mass is 32.1. The number of fused-ring (bicyclic) bond motifs is 1. The van der Waals surface area contributed by atoms with Crippen LogP contribution in [0.15, 0.2) is 41.5 Å². The number of rotatable bonds is 4. The summed E-state index contributed by atoms with van der Waals surface area (Å²) in [4.78, 5) is 33.9. The van der Waals surface area contributed by atoms with E-state index in [0.29, 0.717) is 31.3 Å². The summed E-state index contributed by atoms with van der Waals surface area (Å²) in [7, 11) is 0. The van der Waals surface area contributed by atoms with E-state index in [1.165, 1.54) is 22.2 Å². The van der Waals surface area contributed by atoms with Crippen LogP contribution in [0, 0.1) is 13.8 Å². The molecule has 0 spiro atoms. The number of hydrogen-bond acceptors (Lipinski definition) is 5. The smallest absolute Gasteiger partial charge is 0.262 e. The molecule has 4 rings (SSSR count). The first-order chi connectivity index (χ1) is 14.3. The Bertz CT molecular complexity index is 1130. The second-order valence-electron chi connectivity index (χ2n) is 8.32. The molecule has 0 aliphatic carbocycles.